The van der Waals surface area contributed by atoms with E-state index in [0.717, 1.165) is 41.9 Å². The second-order valence-electron chi connectivity index (χ2n) is 9.26. The second kappa shape index (κ2) is 7.44. The van der Waals surface area contributed by atoms with Crippen LogP contribution in [0.4, 0.5) is 11.6 Å². The molecule has 0 bridgehead atoms. The molecule has 0 saturated carbocycles. The highest BCUT2D eigenvalue weighted by Crippen LogP contribution is 2.39. The number of hydrogen-bond donors (Lipinski definition) is 2. The Hall–Kier alpha value is -3.29. The molecule has 1 aliphatic heterocycles. The molecule has 0 unspecified atom stereocenters. The van der Waals surface area contributed by atoms with Crippen LogP contribution in [0, 0.1) is 12.3 Å². The van der Waals surface area contributed by atoms with Gasteiger partial charge in [0.2, 0.25) is 5.91 Å². The number of anilines is 2. The lowest BCUT2D eigenvalue weighted by molar-refractivity contribution is -0.122. The topological polar surface area (TPSA) is 99.7 Å². The molecular formula is C23H27N7O. The first-order chi connectivity index (χ1) is 14.9. The molecule has 1 amide bonds. The average molecular weight is 418 g/mol. The van der Waals surface area contributed by atoms with Crippen LogP contribution in [0.2, 0.25) is 0 Å². The summed E-state index contributed by atoms with van der Waals surface area (Å²) in [6, 6.07) is 3.99. The lowest BCUT2D eigenvalue weighted by Gasteiger charge is -2.30. The van der Waals surface area contributed by atoms with E-state index in [9.17, 15) is 4.79 Å². The van der Waals surface area contributed by atoms with E-state index in [2.05, 4.69) is 39.3 Å². The first kappa shape index (κ1) is 19.7. The van der Waals surface area contributed by atoms with Gasteiger partial charge in [-0.05, 0) is 43.7 Å². The normalized spacial score (nSPS) is 17.3. The number of hydrogen-bond acceptors (Lipinski definition) is 6. The number of aryl methyl sites for hydroxylation is 1. The number of fused-ring (bicyclic) bond motifs is 1. The van der Waals surface area contributed by atoms with Crippen molar-refractivity contribution in [3.63, 3.8) is 0 Å². The van der Waals surface area contributed by atoms with E-state index in [1.807, 2.05) is 31.5 Å². The first-order valence-corrected chi connectivity index (χ1v) is 10.8. The van der Waals surface area contributed by atoms with E-state index in [1.54, 1.807) is 4.90 Å². The molecule has 0 spiro atoms. The standard InChI is InChI=1S/C23H27N7O/c1-14-24-11-15(12-25-14)13-26-19-8-16(9-20(27-19)30-7-5-21(30)31)22-17-4-6-23(2,3)10-18(17)28-29-22/h8-9,11-12H,4-7,10,13H2,1-3H3,(H,26,27)(H,28,29). The van der Waals surface area contributed by atoms with E-state index in [0.29, 0.717) is 31.1 Å². The minimum Gasteiger partial charge on any atom is -0.366 e. The fraction of sp³-hybridized carbons (Fsp3) is 0.435. The van der Waals surface area contributed by atoms with Crippen molar-refractivity contribution in [1.29, 1.82) is 0 Å². The molecule has 2 aliphatic rings. The highest BCUT2D eigenvalue weighted by molar-refractivity contribution is 5.99. The van der Waals surface area contributed by atoms with Gasteiger partial charge in [-0.1, -0.05) is 13.8 Å². The molecule has 1 fully saturated rings. The van der Waals surface area contributed by atoms with Crippen LogP contribution in [-0.4, -0.2) is 37.6 Å². The van der Waals surface area contributed by atoms with Gasteiger partial charge in [-0.2, -0.15) is 5.10 Å². The number of aromatic amines is 1. The number of β-lactam (4-membered cyclic amide) rings is 1. The van der Waals surface area contributed by atoms with Crippen molar-refractivity contribution in [1.82, 2.24) is 25.1 Å². The third-order valence-electron chi connectivity index (χ3n) is 6.18. The Morgan fingerprint density at radius 3 is 2.71 bits per heavy atom. The minimum atomic E-state index is 0.105. The van der Waals surface area contributed by atoms with Crippen LogP contribution >= 0.6 is 0 Å². The third kappa shape index (κ3) is 3.89. The van der Waals surface area contributed by atoms with Crippen molar-refractivity contribution in [2.45, 2.75) is 53.0 Å². The fourth-order valence-corrected chi connectivity index (χ4v) is 4.23. The molecule has 31 heavy (non-hydrogen) atoms. The summed E-state index contributed by atoms with van der Waals surface area (Å²) >= 11 is 0. The summed E-state index contributed by atoms with van der Waals surface area (Å²) in [5, 5.41) is 11.3. The van der Waals surface area contributed by atoms with Gasteiger partial charge in [0.15, 0.2) is 0 Å². The van der Waals surface area contributed by atoms with Crippen LogP contribution in [-0.2, 0) is 24.2 Å². The molecule has 8 nitrogen and oxygen atoms in total. The van der Waals surface area contributed by atoms with E-state index < -0.39 is 0 Å². The zero-order valence-corrected chi connectivity index (χ0v) is 18.2. The predicted molar refractivity (Wildman–Crippen MR) is 119 cm³/mol. The Labute approximate surface area is 181 Å². The van der Waals surface area contributed by atoms with Gasteiger partial charge in [-0.3, -0.25) is 14.8 Å². The number of pyridine rings is 1. The zero-order chi connectivity index (χ0) is 21.6. The molecule has 2 N–H and O–H groups in total. The molecule has 3 aromatic rings. The van der Waals surface area contributed by atoms with E-state index in [-0.39, 0.29) is 11.3 Å². The summed E-state index contributed by atoms with van der Waals surface area (Å²) in [6.07, 6.45) is 7.32. The number of rotatable bonds is 5. The predicted octanol–water partition coefficient (Wildman–Crippen LogP) is 3.43. The number of nitrogens with one attached hydrogen (secondary N) is 2. The molecule has 0 aromatic carbocycles. The molecule has 8 heteroatoms. The number of H-pyrrole nitrogens is 1. The number of carbonyl (C=O) groups is 1. The quantitative estimate of drug-likeness (QED) is 0.617. The van der Waals surface area contributed by atoms with Gasteiger partial charge in [0, 0.05) is 54.3 Å². The Balaban J connectivity index is 1.48. The van der Waals surface area contributed by atoms with Crippen LogP contribution in [0.5, 0.6) is 0 Å². The maximum absolute atomic E-state index is 12.1. The maximum atomic E-state index is 12.1. The SMILES string of the molecule is Cc1ncc(CNc2cc(-c3n[nH]c4c3CCC(C)(C)C4)cc(N3CCC3=O)n2)cn1. The second-order valence-corrected chi connectivity index (χ2v) is 9.26. The van der Waals surface area contributed by atoms with Crippen LogP contribution in [0.3, 0.4) is 0 Å². The number of aromatic nitrogens is 5. The van der Waals surface area contributed by atoms with E-state index >= 15 is 0 Å². The minimum absolute atomic E-state index is 0.105. The molecule has 4 heterocycles. The van der Waals surface area contributed by atoms with Crippen molar-refractivity contribution in [3.8, 4) is 11.3 Å². The third-order valence-corrected chi connectivity index (χ3v) is 6.18. The molecule has 0 radical (unpaired) electrons. The van der Waals surface area contributed by atoms with Gasteiger partial charge >= 0.3 is 0 Å². The first-order valence-electron chi connectivity index (χ1n) is 10.8. The molecule has 160 valence electrons. The van der Waals surface area contributed by atoms with E-state index in [4.69, 9.17) is 4.98 Å². The summed E-state index contributed by atoms with van der Waals surface area (Å²) in [6.45, 7) is 7.72. The molecule has 0 atom stereocenters. The van der Waals surface area contributed by atoms with Crippen molar-refractivity contribution in [2.24, 2.45) is 5.41 Å². The van der Waals surface area contributed by atoms with Crippen LogP contribution in [0.15, 0.2) is 24.5 Å². The molecule has 1 saturated heterocycles. The Morgan fingerprint density at radius 2 is 2.00 bits per heavy atom. The number of carbonyl (C=O) groups excluding carboxylic acids is 1. The average Bonchev–Trinajstić information content (AvgIpc) is 3.14. The van der Waals surface area contributed by atoms with Crippen molar-refractivity contribution in [2.75, 3.05) is 16.8 Å². The number of amides is 1. The van der Waals surface area contributed by atoms with Gasteiger partial charge in [-0.15, -0.1) is 0 Å². The molecule has 1 aliphatic carbocycles. The van der Waals surface area contributed by atoms with E-state index in [1.165, 1.54) is 11.3 Å². The summed E-state index contributed by atoms with van der Waals surface area (Å²) in [5.74, 6) is 2.23. The summed E-state index contributed by atoms with van der Waals surface area (Å²) in [5.41, 5.74) is 5.69. The zero-order valence-electron chi connectivity index (χ0n) is 18.2. The highest BCUT2D eigenvalue weighted by atomic mass is 16.2. The summed E-state index contributed by atoms with van der Waals surface area (Å²) in [4.78, 5) is 27.0. The summed E-state index contributed by atoms with van der Waals surface area (Å²) in [7, 11) is 0. The lowest BCUT2D eigenvalue weighted by atomic mass is 9.76. The Bertz CT molecular complexity index is 1130. The summed E-state index contributed by atoms with van der Waals surface area (Å²) < 4.78 is 0. The molecule has 3 aromatic heterocycles. The van der Waals surface area contributed by atoms with Gasteiger partial charge in [0.1, 0.15) is 17.5 Å². The van der Waals surface area contributed by atoms with Crippen molar-refractivity contribution < 1.29 is 4.79 Å². The van der Waals surface area contributed by atoms with Crippen LogP contribution in [0.25, 0.3) is 11.3 Å². The van der Waals surface area contributed by atoms with Gasteiger partial charge in [0.25, 0.3) is 0 Å². The molecule has 5 rings (SSSR count). The largest absolute Gasteiger partial charge is 0.366 e. The van der Waals surface area contributed by atoms with Crippen molar-refractivity contribution in [3.05, 3.63) is 47.2 Å². The van der Waals surface area contributed by atoms with Crippen LogP contribution in [0.1, 0.15) is 49.3 Å². The van der Waals surface area contributed by atoms with Crippen molar-refractivity contribution >= 4 is 17.5 Å². The number of nitrogens with zero attached hydrogens (tertiary/aromatic N) is 5. The highest BCUT2D eigenvalue weighted by Gasteiger charge is 2.31. The van der Waals surface area contributed by atoms with Gasteiger partial charge in [-0.25, -0.2) is 15.0 Å². The molecular weight excluding hydrogens is 390 g/mol. The van der Waals surface area contributed by atoms with Gasteiger partial charge in [0.05, 0.1) is 5.69 Å². The lowest BCUT2D eigenvalue weighted by Crippen LogP contribution is -2.44. The fourth-order valence-electron chi connectivity index (χ4n) is 4.23. The maximum Gasteiger partial charge on any atom is 0.229 e. The Kier molecular flexibility index (Phi) is 4.72. The van der Waals surface area contributed by atoms with Crippen LogP contribution < -0.4 is 10.2 Å². The van der Waals surface area contributed by atoms with Gasteiger partial charge < -0.3 is 5.32 Å². The Morgan fingerprint density at radius 1 is 1.19 bits per heavy atom. The smallest absolute Gasteiger partial charge is 0.229 e. The monoisotopic (exact) mass is 417 g/mol.